The third-order valence-electron chi connectivity index (χ3n) is 3.34. The standard InChI is InChI=1S/C15H14N2O4/c1-3-21-14-9(2)13(19)15(14,20)12(17-16)11(18)10-7-5-4-6-8-10/h4-8,20H,3H2,1-2H3/p+1/b12-11-. The molecule has 0 radical (unpaired) electrons. The van der Waals surface area contributed by atoms with E-state index < -0.39 is 22.8 Å². The van der Waals surface area contributed by atoms with Gasteiger partial charge in [-0.15, -0.1) is 0 Å². The van der Waals surface area contributed by atoms with Crippen LogP contribution in [-0.2, 0) is 9.53 Å². The summed E-state index contributed by atoms with van der Waals surface area (Å²) >= 11 is 0. The summed E-state index contributed by atoms with van der Waals surface area (Å²) in [5.41, 5.74) is -2.25. The molecule has 1 aliphatic carbocycles. The van der Waals surface area contributed by atoms with Crippen molar-refractivity contribution in [2.24, 2.45) is 0 Å². The molecule has 1 aromatic carbocycles. The van der Waals surface area contributed by atoms with Gasteiger partial charge in [-0.25, -0.2) is 0 Å². The third kappa shape index (κ3) is 2.08. The molecule has 1 atom stereocenters. The second-order valence-electron chi connectivity index (χ2n) is 4.59. The molecule has 0 heterocycles. The molecule has 21 heavy (non-hydrogen) atoms. The normalized spacial score (nSPS) is 22.3. The maximum atomic E-state index is 12.0. The number of benzene rings is 1. The molecule has 0 bridgehead atoms. The van der Waals surface area contributed by atoms with E-state index in [1.165, 1.54) is 6.92 Å². The predicted molar refractivity (Wildman–Crippen MR) is 75.4 cm³/mol. The highest BCUT2D eigenvalue weighted by molar-refractivity contribution is 6.14. The zero-order valence-electron chi connectivity index (χ0n) is 11.7. The van der Waals surface area contributed by atoms with Gasteiger partial charge in [0, 0.05) is 11.1 Å². The summed E-state index contributed by atoms with van der Waals surface area (Å²) in [6, 6.07) is 8.19. The smallest absolute Gasteiger partial charge is 0.450 e. The molecule has 0 saturated heterocycles. The first-order valence-corrected chi connectivity index (χ1v) is 6.44. The number of diazo groups is 1. The minimum absolute atomic E-state index is 0.00900. The van der Waals surface area contributed by atoms with Gasteiger partial charge in [-0.1, -0.05) is 30.3 Å². The molecule has 0 aromatic heterocycles. The maximum absolute atomic E-state index is 12.0. The summed E-state index contributed by atoms with van der Waals surface area (Å²) in [4.78, 5) is 14.9. The van der Waals surface area contributed by atoms with Crippen molar-refractivity contribution in [1.82, 2.24) is 0 Å². The average Bonchev–Trinajstić information content (AvgIpc) is 2.52. The first-order chi connectivity index (χ1) is 9.98. The van der Waals surface area contributed by atoms with Crippen LogP contribution in [0.25, 0.3) is 10.7 Å². The van der Waals surface area contributed by atoms with Crippen LogP contribution in [0.3, 0.4) is 0 Å². The van der Waals surface area contributed by atoms with Crippen LogP contribution in [0.1, 0.15) is 19.4 Å². The zero-order valence-corrected chi connectivity index (χ0v) is 11.7. The van der Waals surface area contributed by atoms with Crippen molar-refractivity contribution in [2.45, 2.75) is 19.4 Å². The van der Waals surface area contributed by atoms with Gasteiger partial charge in [0.15, 0.2) is 10.7 Å². The van der Waals surface area contributed by atoms with Crippen LogP contribution in [0.4, 0.5) is 0 Å². The summed E-state index contributed by atoms with van der Waals surface area (Å²) in [5.74, 6) is -1.16. The number of hydrogen-bond donors (Lipinski definition) is 2. The highest BCUT2D eigenvalue weighted by Crippen LogP contribution is 2.43. The van der Waals surface area contributed by atoms with E-state index in [0.717, 1.165) is 0 Å². The summed E-state index contributed by atoms with van der Waals surface area (Å²) in [7, 11) is 0. The molecule has 2 rings (SSSR count). The Morgan fingerprint density at radius 3 is 2.52 bits per heavy atom. The Bertz CT molecular complexity index is 685. The molecule has 108 valence electrons. The van der Waals surface area contributed by atoms with Gasteiger partial charge in [0.2, 0.25) is 16.9 Å². The van der Waals surface area contributed by atoms with Crippen LogP contribution in [0.15, 0.2) is 47.4 Å². The predicted octanol–water partition coefficient (Wildman–Crippen LogP) is 2.39. The summed E-state index contributed by atoms with van der Waals surface area (Å²) in [6.07, 6.45) is 0. The fourth-order valence-electron chi connectivity index (χ4n) is 2.28. The molecular weight excluding hydrogens is 272 g/mol. The molecule has 0 fully saturated rings. The van der Waals surface area contributed by atoms with Crippen LogP contribution in [-0.4, -0.2) is 28.2 Å². The van der Waals surface area contributed by atoms with Crippen molar-refractivity contribution >= 4 is 11.5 Å². The molecule has 1 unspecified atom stereocenters. The first-order valence-electron chi connectivity index (χ1n) is 6.44. The lowest BCUT2D eigenvalue weighted by Crippen LogP contribution is -2.52. The van der Waals surface area contributed by atoms with E-state index in [-0.39, 0.29) is 17.9 Å². The number of rotatable bonds is 4. The number of aliphatic hydroxyl groups is 2. The number of carbonyl (C=O) groups is 1. The summed E-state index contributed by atoms with van der Waals surface area (Å²) < 4.78 is 5.24. The van der Waals surface area contributed by atoms with E-state index >= 15 is 0 Å². The molecular formula is C15H15N2O4+. The van der Waals surface area contributed by atoms with Crippen molar-refractivity contribution in [3.05, 3.63) is 57.9 Å². The number of aliphatic hydroxyl groups excluding tert-OH is 1. The lowest BCUT2D eigenvalue weighted by molar-refractivity contribution is -0.135. The number of hydrogen-bond acceptors (Lipinski definition) is 5. The van der Waals surface area contributed by atoms with Gasteiger partial charge in [0.25, 0.3) is 5.60 Å². The van der Waals surface area contributed by atoms with E-state index in [0.29, 0.717) is 5.56 Å². The molecule has 0 amide bonds. The topological polar surface area (TPSA) is 94.9 Å². The van der Waals surface area contributed by atoms with Crippen LogP contribution in [0.2, 0.25) is 0 Å². The minimum atomic E-state index is -2.26. The molecule has 0 aliphatic heterocycles. The van der Waals surface area contributed by atoms with Gasteiger partial charge in [-0.05, 0) is 13.8 Å². The zero-order chi connectivity index (χ0) is 15.6. The monoisotopic (exact) mass is 287 g/mol. The Hall–Kier alpha value is -2.65. The van der Waals surface area contributed by atoms with Gasteiger partial charge < -0.3 is 14.9 Å². The maximum Gasteiger partial charge on any atom is 0.450 e. The van der Waals surface area contributed by atoms with E-state index in [2.05, 4.69) is 4.98 Å². The molecule has 0 spiro atoms. The highest BCUT2D eigenvalue weighted by atomic mass is 16.5. The van der Waals surface area contributed by atoms with E-state index in [9.17, 15) is 15.0 Å². The van der Waals surface area contributed by atoms with Gasteiger partial charge >= 0.3 is 5.70 Å². The molecule has 6 nitrogen and oxygen atoms in total. The Balaban J connectivity index is 2.58. The second-order valence-corrected chi connectivity index (χ2v) is 4.59. The molecule has 6 heteroatoms. The van der Waals surface area contributed by atoms with Gasteiger partial charge in [-0.2, -0.15) is 0 Å². The molecule has 1 aromatic rings. The van der Waals surface area contributed by atoms with Crippen LogP contribution >= 0.6 is 0 Å². The van der Waals surface area contributed by atoms with Crippen molar-refractivity contribution in [2.75, 3.05) is 6.61 Å². The largest absolute Gasteiger partial charge is 0.501 e. The first kappa shape index (κ1) is 14.8. The average molecular weight is 287 g/mol. The minimum Gasteiger partial charge on any atom is -0.501 e. The molecule has 0 saturated carbocycles. The van der Waals surface area contributed by atoms with E-state index in [1.54, 1.807) is 37.3 Å². The van der Waals surface area contributed by atoms with Crippen molar-refractivity contribution < 1.29 is 19.7 Å². The fourth-order valence-corrected chi connectivity index (χ4v) is 2.28. The van der Waals surface area contributed by atoms with Crippen molar-refractivity contribution in [3.63, 3.8) is 0 Å². The van der Waals surface area contributed by atoms with Crippen LogP contribution < -0.4 is 0 Å². The fraction of sp³-hybridized carbons (Fsp3) is 0.267. The lowest BCUT2D eigenvalue weighted by Gasteiger charge is -2.32. The number of carbonyl (C=O) groups excluding carboxylic acids is 1. The Morgan fingerprint density at radius 2 is 2.00 bits per heavy atom. The van der Waals surface area contributed by atoms with Crippen LogP contribution in [0.5, 0.6) is 0 Å². The second kappa shape index (κ2) is 5.38. The van der Waals surface area contributed by atoms with Crippen LogP contribution in [0, 0.1) is 5.39 Å². The quantitative estimate of drug-likeness (QED) is 0.655. The summed E-state index contributed by atoms with van der Waals surface area (Å²) in [6.45, 7) is 3.42. The lowest BCUT2D eigenvalue weighted by atomic mass is 9.75. The number of Topliss-reactive ketones (excluding diaryl/α,β-unsaturated/α-hetero) is 1. The molecule has 1 aliphatic rings. The summed E-state index contributed by atoms with van der Waals surface area (Å²) in [5, 5.41) is 29.9. The molecule has 2 N–H and O–H groups in total. The van der Waals surface area contributed by atoms with Gasteiger partial charge in [0.1, 0.15) is 0 Å². The van der Waals surface area contributed by atoms with Gasteiger partial charge in [-0.3, -0.25) is 4.79 Å². The Labute approximate surface area is 121 Å². The number of ketones is 1. The van der Waals surface area contributed by atoms with E-state index in [4.69, 9.17) is 10.1 Å². The SMILES string of the molecule is CCOC1=C(C)C(=O)C1(O)/C([N+]#N)=C(/O)c1ccccc1. The van der Waals surface area contributed by atoms with Crippen molar-refractivity contribution in [1.29, 1.82) is 5.39 Å². The van der Waals surface area contributed by atoms with E-state index in [1.807, 2.05) is 0 Å². The number of ether oxygens (including phenoxy) is 1. The number of nitrogens with zero attached hydrogens (tertiary/aromatic N) is 2. The Kier molecular flexibility index (Phi) is 3.78. The van der Waals surface area contributed by atoms with Gasteiger partial charge in [0.05, 0.1) is 6.61 Å². The van der Waals surface area contributed by atoms with Crippen molar-refractivity contribution in [3.8, 4) is 0 Å². The highest BCUT2D eigenvalue weighted by Gasteiger charge is 2.64. The third-order valence-corrected chi connectivity index (χ3v) is 3.34. The Morgan fingerprint density at radius 1 is 1.38 bits per heavy atom.